The third kappa shape index (κ3) is 8.18. The molecule has 1 aliphatic carbocycles. The minimum atomic E-state index is 0. The van der Waals surface area contributed by atoms with E-state index in [1.165, 1.54) is 99.9 Å². The summed E-state index contributed by atoms with van der Waals surface area (Å²) in [5.74, 6) is 0.537. The maximum absolute atomic E-state index is 3.61. The number of allylic oxidation sites excluding steroid dienone is 4. The molecule has 0 saturated heterocycles. The van der Waals surface area contributed by atoms with Crippen molar-refractivity contribution in [2.75, 3.05) is 0 Å². The summed E-state index contributed by atoms with van der Waals surface area (Å²) in [4.78, 5) is 1.33. The number of fused-ring (bicyclic) bond motifs is 3. The second kappa shape index (κ2) is 16.2. The SMILES string of the molecule is CC(C)C1=CC2=C(c3cccc4ccccc34)C(C)SC2=[C-]1.Cc1cc2c(-c3ccc(C(C)(C)C)cc3)ccc(C)c2[cH-]1.[CH3-].[CH3-].[Si]=[Zr]. The summed E-state index contributed by atoms with van der Waals surface area (Å²) < 4.78 is 0. The molecule has 1 unspecified atom stereocenters. The van der Waals surface area contributed by atoms with E-state index in [1.54, 1.807) is 0 Å². The third-order valence-electron chi connectivity index (χ3n) is 8.81. The Balaban J connectivity index is 0.000000234. The molecule has 1 aliphatic heterocycles. The molecule has 5 aromatic rings. The fourth-order valence-electron chi connectivity index (χ4n) is 6.33. The molecule has 47 heavy (non-hydrogen) atoms. The summed E-state index contributed by atoms with van der Waals surface area (Å²) in [6, 6.07) is 33.4. The number of hydrogen-bond acceptors (Lipinski definition) is 1. The van der Waals surface area contributed by atoms with E-state index in [0.717, 1.165) is 0 Å². The summed E-state index contributed by atoms with van der Waals surface area (Å²) in [6.45, 7) is 21.0. The zero-order chi connectivity index (χ0) is 32.5. The van der Waals surface area contributed by atoms with Crippen LogP contribution < -0.4 is 0 Å². The Hall–Kier alpha value is -2.58. The van der Waals surface area contributed by atoms with Gasteiger partial charge in [-0.25, -0.2) is 6.08 Å². The van der Waals surface area contributed by atoms with Crippen LogP contribution in [0.25, 0.3) is 38.2 Å². The first kappa shape index (κ1) is 38.9. The van der Waals surface area contributed by atoms with Crippen molar-refractivity contribution in [3.8, 4) is 11.1 Å². The number of rotatable bonds is 3. The summed E-state index contributed by atoms with van der Waals surface area (Å²) >= 11 is 3.30. The molecule has 3 heteroatoms. The summed E-state index contributed by atoms with van der Waals surface area (Å²) in [7, 11) is 0. The van der Waals surface area contributed by atoms with Gasteiger partial charge in [0.05, 0.1) is 0 Å². The molecule has 0 N–H and O–H groups in total. The quantitative estimate of drug-likeness (QED) is 0.132. The second-order valence-corrected chi connectivity index (χ2v) is 14.8. The molecule has 0 spiro atoms. The van der Waals surface area contributed by atoms with Gasteiger partial charge in [0.25, 0.3) is 0 Å². The van der Waals surface area contributed by atoms with E-state index >= 15 is 0 Å². The molecule has 242 valence electrons. The normalized spacial score (nSPS) is 15.1. The van der Waals surface area contributed by atoms with Gasteiger partial charge in [0.1, 0.15) is 0 Å². The topological polar surface area (TPSA) is 0 Å². The van der Waals surface area contributed by atoms with Crippen LogP contribution in [0.3, 0.4) is 0 Å². The van der Waals surface area contributed by atoms with E-state index in [9.17, 15) is 0 Å². The van der Waals surface area contributed by atoms with Gasteiger partial charge in [-0.05, 0) is 45.7 Å². The molecule has 5 aromatic carbocycles. The monoisotopic (exact) mass is 726 g/mol. The van der Waals surface area contributed by atoms with Gasteiger partial charge in [-0.1, -0.05) is 132 Å². The van der Waals surface area contributed by atoms with Crippen molar-refractivity contribution < 1.29 is 23.3 Å². The molecule has 0 fully saturated rings. The fourth-order valence-corrected chi connectivity index (χ4v) is 7.53. The molecule has 0 saturated carbocycles. The van der Waals surface area contributed by atoms with Gasteiger partial charge in [0, 0.05) is 5.25 Å². The molecule has 7 rings (SSSR count). The van der Waals surface area contributed by atoms with E-state index in [0.29, 0.717) is 11.2 Å². The molecule has 0 aromatic heterocycles. The van der Waals surface area contributed by atoms with Crippen molar-refractivity contribution >= 4 is 45.8 Å². The number of thioether (sulfide) groups is 1. The zero-order valence-corrected chi connectivity index (χ0v) is 34.1. The predicted octanol–water partition coefficient (Wildman–Crippen LogP) is 12.7. The molecular weight excluding hydrogens is 680 g/mol. The van der Waals surface area contributed by atoms with Crippen LogP contribution in [0.4, 0.5) is 0 Å². The van der Waals surface area contributed by atoms with Gasteiger partial charge in [-0.15, -0.1) is 50.7 Å². The molecule has 0 nitrogen and oxygen atoms in total. The van der Waals surface area contributed by atoms with Gasteiger partial charge in [0.15, 0.2) is 0 Å². The third-order valence-corrected chi connectivity index (χ3v) is 9.95. The average Bonchev–Trinajstić information content (AvgIpc) is 3.70. The molecule has 0 bridgehead atoms. The van der Waals surface area contributed by atoms with Crippen LogP contribution in [0, 0.1) is 40.7 Å². The second-order valence-electron chi connectivity index (χ2n) is 13.4. The Morgan fingerprint density at radius 3 is 2.15 bits per heavy atom. The Kier molecular flexibility index (Phi) is 13.4. The van der Waals surface area contributed by atoms with Gasteiger partial charge < -0.3 is 14.9 Å². The van der Waals surface area contributed by atoms with Crippen LogP contribution in [0.1, 0.15) is 63.8 Å². The number of aryl methyl sites for hydroxylation is 2. The molecular formula is C44H48SSiZr-4. The van der Waals surface area contributed by atoms with Crippen molar-refractivity contribution in [3.05, 3.63) is 156 Å². The summed E-state index contributed by atoms with van der Waals surface area (Å²) in [5.41, 5.74) is 12.5. The number of hydrogen-bond donors (Lipinski definition) is 0. The van der Waals surface area contributed by atoms with E-state index in [1.807, 2.05) is 11.8 Å². The van der Waals surface area contributed by atoms with Gasteiger partial charge >= 0.3 is 30.2 Å². The first-order chi connectivity index (χ1) is 21.5. The molecule has 0 amide bonds. The van der Waals surface area contributed by atoms with Crippen LogP contribution in [0.5, 0.6) is 0 Å². The minimum absolute atomic E-state index is 0. The van der Waals surface area contributed by atoms with Crippen molar-refractivity contribution in [1.29, 1.82) is 0 Å². The Labute approximate surface area is 306 Å². The zero-order valence-electron chi connectivity index (χ0n) is 29.8. The predicted molar refractivity (Wildman–Crippen MR) is 209 cm³/mol. The van der Waals surface area contributed by atoms with Crippen molar-refractivity contribution in [2.45, 2.75) is 66.1 Å². The first-order valence-corrected chi connectivity index (χ1v) is 20.9. The van der Waals surface area contributed by atoms with Gasteiger partial charge in [0.2, 0.25) is 0 Å². The van der Waals surface area contributed by atoms with E-state index in [2.05, 4.69) is 165 Å². The van der Waals surface area contributed by atoms with Crippen LogP contribution in [-0.2, 0) is 28.8 Å². The van der Waals surface area contributed by atoms with E-state index in [4.69, 9.17) is 0 Å². The van der Waals surface area contributed by atoms with E-state index in [-0.39, 0.29) is 20.3 Å². The summed E-state index contributed by atoms with van der Waals surface area (Å²) in [5, 5.41) is 5.92. The van der Waals surface area contributed by atoms with Crippen molar-refractivity contribution in [2.24, 2.45) is 5.92 Å². The standard InChI is InChI=1S/C21H19S.C21H23.2CH3.Si.Zr/c1-13(2)16-11-19-20(12-16)22-14(3)21(19)18-10-6-8-15-7-4-5-9-17(15)18;1-14-12-19-15(2)6-11-18(20(19)13-14)16-7-9-17(10-8-16)21(3,4)5;;;;/h4-11,13-14H,1-3H3;6-13H,1-5H3;2*1H3;;/q4*-1;;. The fraction of sp³-hybridized carbons (Fsp3) is 0.250. The van der Waals surface area contributed by atoms with Crippen molar-refractivity contribution in [1.82, 2.24) is 0 Å². The van der Waals surface area contributed by atoms with Crippen LogP contribution in [-0.4, -0.2) is 12.1 Å². The van der Waals surface area contributed by atoms with Crippen LogP contribution in [0.2, 0.25) is 0 Å². The van der Waals surface area contributed by atoms with Gasteiger partial charge in [-0.3, -0.25) is 0 Å². The first-order valence-electron chi connectivity index (χ1n) is 15.8. The van der Waals surface area contributed by atoms with Crippen LogP contribution in [0.15, 0.2) is 113 Å². The Morgan fingerprint density at radius 2 is 1.49 bits per heavy atom. The molecule has 1 heterocycles. The van der Waals surface area contributed by atoms with Crippen molar-refractivity contribution in [3.63, 3.8) is 0 Å². The Morgan fingerprint density at radius 1 is 0.830 bits per heavy atom. The van der Waals surface area contributed by atoms with Gasteiger partial charge in [-0.2, -0.15) is 23.3 Å². The average molecular weight is 728 g/mol. The molecule has 2 radical (unpaired) electrons. The maximum atomic E-state index is 3.61. The van der Waals surface area contributed by atoms with Crippen LogP contribution >= 0.6 is 11.8 Å². The molecule has 2 aliphatic rings. The summed E-state index contributed by atoms with van der Waals surface area (Å²) in [6.07, 6.45) is 5.97. The Bertz CT molecular complexity index is 1940. The molecule has 1 atom stereocenters. The number of benzene rings is 4. The van der Waals surface area contributed by atoms with E-state index < -0.39 is 0 Å².